The number of carbonyl (C=O) groups is 1. The molecule has 1 amide bonds. The molecule has 13 heteroatoms. The van der Waals surface area contributed by atoms with Crippen LogP contribution in [-0.4, -0.2) is 37.8 Å². The predicted molar refractivity (Wildman–Crippen MR) is 178 cm³/mol. The van der Waals surface area contributed by atoms with Gasteiger partial charge in [0.25, 0.3) is 11.7 Å². The van der Waals surface area contributed by atoms with E-state index in [4.69, 9.17) is 16.3 Å². The molecule has 1 saturated carbocycles. The van der Waals surface area contributed by atoms with E-state index < -0.39 is 22.0 Å². The van der Waals surface area contributed by atoms with Crippen molar-refractivity contribution in [3.63, 3.8) is 0 Å². The topological polar surface area (TPSA) is 180 Å². The molecular formula is C33H40N7O5S+. The number of aromatic amines is 1. The number of aromatic nitrogens is 2. The first-order valence-corrected chi connectivity index (χ1v) is 16.5. The summed E-state index contributed by atoms with van der Waals surface area (Å²) in [5, 5.41) is 15.1. The zero-order valence-corrected chi connectivity index (χ0v) is 27.3. The maximum absolute atomic E-state index is 13.6. The molecule has 46 heavy (non-hydrogen) atoms. The lowest BCUT2D eigenvalue weighted by atomic mass is 9.96. The van der Waals surface area contributed by atoms with Crippen LogP contribution in [0.1, 0.15) is 64.4 Å². The molecule has 0 saturated heterocycles. The lowest BCUT2D eigenvalue weighted by Gasteiger charge is -2.20. The second-order valence-corrected chi connectivity index (χ2v) is 13.7. The molecule has 1 fully saturated rings. The number of benzene rings is 3. The third-order valence-electron chi connectivity index (χ3n) is 8.31. The SMILES string of the molecule is COc1c(NC(=O)c2ccc(C)c(N(N)/C=C(\N)c3c[nH]c(C(O)c4ccccc4)[n+]3C)c2)cc(C2(C)CC2)cc1NS(C)(=O)=O. The van der Waals surface area contributed by atoms with Crippen LogP contribution in [0.5, 0.6) is 5.75 Å². The molecule has 1 unspecified atom stereocenters. The van der Waals surface area contributed by atoms with Gasteiger partial charge in [-0.3, -0.25) is 14.5 Å². The Morgan fingerprint density at radius 3 is 2.46 bits per heavy atom. The third kappa shape index (κ3) is 6.86. The minimum absolute atomic E-state index is 0.112. The summed E-state index contributed by atoms with van der Waals surface area (Å²) in [4.78, 5) is 16.7. The predicted octanol–water partition coefficient (Wildman–Crippen LogP) is 3.55. The zero-order chi connectivity index (χ0) is 33.4. The quantitative estimate of drug-likeness (QED) is 0.0813. The number of aryl methyl sites for hydroxylation is 1. The Balaban J connectivity index is 1.41. The Bertz CT molecular complexity index is 1920. The fraction of sp³-hybridized carbons (Fsp3) is 0.273. The van der Waals surface area contributed by atoms with Crippen molar-refractivity contribution in [2.75, 3.05) is 28.4 Å². The van der Waals surface area contributed by atoms with E-state index in [1.807, 2.05) is 43.3 Å². The monoisotopic (exact) mass is 646 g/mol. The van der Waals surface area contributed by atoms with Crippen LogP contribution in [0.3, 0.4) is 0 Å². The summed E-state index contributed by atoms with van der Waals surface area (Å²) in [5.74, 6) is 6.76. The molecule has 0 radical (unpaired) electrons. The number of ether oxygens (including phenoxy) is 1. The Kier molecular flexibility index (Phi) is 8.85. The Hall–Kier alpha value is -4.85. The number of nitrogens with two attached hydrogens (primary N) is 2. The number of amides is 1. The zero-order valence-electron chi connectivity index (χ0n) is 26.5. The molecular weight excluding hydrogens is 606 g/mol. The van der Waals surface area contributed by atoms with Gasteiger partial charge in [-0.05, 0) is 66.1 Å². The van der Waals surface area contributed by atoms with Crippen molar-refractivity contribution in [3.05, 3.63) is 107 Å². The van der Waals surface area contributed by atoms with Gasteiger partial charge in [0.15, 0.2) is 17.5 Å². The van der Waals surface area contributed by atoms with Crippen molar-refractivity contribution in [2.45, 2.75) is 38.2 Å². The number of methoxy groups -OCH3 is 1. The number of H-pyrrole nitrogens is 1. The first kappa shape index (κ1) is 32.5. The number of sulfonamides is 1. The Morgan fingerprint density at radius 2 is 1.83 bits per heavy atom. The van der Waals surface area contributed by atoms with Crippen LogP contribution < -0.4 is 35.9 Å². The number of rotatable bonds is 11. The van der Waals surface area contributed by atoms with Crippen molar-refractivity contribution >= 4 is 38.7 Å². The normalized spacial score (nSPS) is 14.8. The number of imidazole rings is 1. The van der Waals surface area contributed by atoms with Gasteiger partial charge in [-0.25, -0.2) is 23.8 Å². The van der Waals surface area contributed by atoms with Crippen molar-refractivity contribution in [3.8, 4) is 5.75 Å². The van der Waals surface area contributed by atoms with Crippen LogP contribution in [0.25, 0.3) is 5.70 Å². The van der Waals surface area contributed by atoms with Crippen LogP contribution in [0.4, 0.5) is 17.1 Å². The second kappa shape index (κ2) is 12.5. The average molecular weight is 647 g/mol. The summed E-state index contributed by atoms with van der Waals surface area (Å²) >= 11 is 0. The van der Waals surface area contributed by atoms with E-state index in [1.54, 1.807) is 42.1 Å². The summed E-state index contributed by atoms with van der Waals surface area (Å²) in [6.07, 6.45) is 5.30. The molecule has 5 rings (SSSR count). The highest BCUT2D eigenvalue weighted by Gasteiger charge is 2.40. The highest BCUT2D eigenvalue weighted by Crippen LogP contribution is 2.50. The number of hydrazine groups is 1. The Labute approximate surface area is 268 Å². The van der Waals surface area contributed by atoms with E-state index in [1.165, 1.54) is 18.3 Å². The molecule has 12 nitrogen and oxygen atoms in total. The molecule has 1 aliphatic carbocycles. The number of anilines is 3. The van der Waals surface area contributed by atoms with E-state index in [0.29, 0.717) is 34.2 Å². The second-order valence-electron chi connectivity index (χ2n) is 11.9. The lowest BCUT2D eigenvalue weighted by molar-refractivity contribution is -0.683. The van der Waals surface area contributed by atoms with Crippen LogP contribution in [0, 0.1) is 6.92 Å². The number of hydrogen-bond donors (Lipinski definition) is 6. The number of nitrogens with zero attached hydrogens (tertiary/aromatic N) is 2. The van der Waals surface area contributed by atoms with Crippen molar-refractivity contribution in [2.24, 2.45) is 18.6 Å². The van der Waals surface area contributed by atoms with Crippen LogP contribution in [-0.2, 0) is 22.5 Å². The van der Waals surface area contributed by atoms with Gasteiger partial charge < -0.3 is 20.9 Å². The molecule has 1 atom stereocenters. The number of nitrogens with one attached hydrogen (secondary N) is 3. The van der Waals surface area contributed by atoms with Crippen molar-refractivity contribution < 1.29 is 27.6 Å². The molecule has 4 aromatic rings. The number of aliphatic hydroxyl groups excluding tert-OH is 1. The molecule has 1 aromatic heterocycles. The van der Waals surface area contributed by atoms with E-state index in [-0.39, 0.29) is 16.9 Å². The summed E-state index contributed by atoms with van der Waals surface area (Å²) in [6, 6.07) is 17.9. The highest BCUT2D eigenvalue weighted by atomic mass is 32.2. The van der Waals surface area contributed by atoms with Gasteiger partial charge in [-0.15, -0.1) is 0 Å². The number of hydrogen-bond acceptors (Lipinski definition) is 8. The molecule has 242 valence electrons. The summed E-state index contributed by atoms with van der Waals surface area (Å²) < 4.78 is 34.0. The molecule has 3 aromatic carbocycles. The van der Waals surface area contributed by atoms with E-state index in [9.17, 15) is 18.3 Å². The minimum atomic E-state index is -3.61. The highest BCUT2D eigenvalue weighted by molar-refractivity contribution is 7.92. The van der Waals surface area contributed by atoms with Crippen molar-refractivity contribution in [1.29, 1.82) is 0 Å². The molecule has 0 aliphatic heterocycles. The first-order chi connectivity index (χ1) is 21.7. The van der Waals surface area contributed by atoms with Gasteiger partial charge in [-0.1, -0.05) is 43.3 Å². The summed E-state index contributed by atoms with van der Waals surface area (Å²) in [6.45, 7) is 3.95. The standard InChI is InChI=1S/C33H39N7O5S/c1-20-11-12-22(32(42)37-25-16-23(33(2)13-14-33)17-26(30(25)45-4)38-46(5,43)44)15-27(20)40(35)19-24(34)28-18-36-31(39(28)3)29(41)21-9-7-6-8-10-21/h6-12,15-19,29,38,41H,13-14,34-35H2,1-5H3,(H,37,42)/p+1/b24-19-. The van der Waals surface area contributed by atoms with Crippen LogP contribution >= 0.6 is 0 Å². The average Bonchev–Trinajstić information content (AvgIpc) is 3.64. The van der Waals surface area contributed by atoms with Gasteiger partial charge in [0.2, 0.25) is 10.0 Å². The maximum Gasteiger partial charge on any atom is 0.288 e. The van der Waals surface area contributed by atoms with Crippen LogP contribution in [0.2, 0.25) is 0 Å². The summed E-state index contributed by atoms with van der Waals surface area (Å²) in [7, 11) is -0.408. The van der Waals surface area contributed by atoms with Gasteiger partial charge in [0.05, 0.1) is 37.5 Å². The van der Waals surface area contributed by atoms with Gasteiger partial charge in [0.1, 0.15) is 11.9 Å². The van der Waals surface area contributed by atoms with Gasteiger partial charge >= 0.3 is 0 Å². The lowest BCUT2D eigenvalue weighted by Crippen LogP contribution is -2.38. The summed E-state index contributed by atoms with van der Waals surface area (Å²) in [5.41, 5.74) is 11.1. The maximum atomic E-state index is 13.6. The van der Waals surface area contributed by atoms with Crippen LogP contribution in [0.15, 0.2) is 73.1 Å². The number of carbonyl (C=O) groups excluding carboxylic acids is 1. The van der Waals surface area contributed by atoms with E-state index >= 15 is 0 Å². The molecule has 0 bridgehead atoms. The minimum Gasteiger partial charge on any atom is -0.492 e. The molecule has 8 N–H and O–H groups in total. The van der Waals surface area contributed by atoms with E-state index in [2.05, 4.69) is 21.9 Å². The smallest absolute Gasteiger partial charge is 0.288 e. The number of aliphatic hydroxyl groups is 1. The molecule has 0 spiro atoms. The van der Waals surface area contributed by atoms with Gasteiger partial charge in [-0.2, -0.15) is 0 Å². The third-order valence-corrected chi connectivity index (χ3v) is 8.90. The van der Waals surface area contributed by atoms with Gasteiger partial charge in [0, 0.05) is 11.8 Å². The van der Waals surface area contributed by atoms with Crippen molar-refractivity contribution in [1.82, 2.24) is 4.98 Å². The molecule has 1 heterocycles. The Morgan fingerprint density at radius 1 is 1.15 bits per heavy atom. The largest absolute Gasteiger partial charge is 0.492 e. The fourth-order valence-electron chi connectivity index (χ4n) is 5.35. The first-order valence-electron chi connectivity index (χ1n) is 14.6. The molecule has 1 aliphatic rings. The van der Waals surface area contributed by atoms with E-state index in [0.717, 1.165) is 35.8 Å². The fourth-order valence-corrected chi connectivity index (χ4v) is 5.90.